The maximum Gasteiger partial charge on any atom is 0.387 e. The van der Waals surface area contributed by atoms with E-state index in [1.807, 2.05) is 19.1 Å². The standard InChI is InChI=1S/C21H24F2N4O2/c1-3-10-28-18-9-8-17(19(11-18)29-20(22)23)14-27-21(25-2)26-13-16-6-4-15(12-24)5-7-16/h4-9,11,20H,3,10,13-14H2,1-2H3,(H2,25,26,27). The number of hydrogen-bond donors (Lipinski definition) is 2. The summed E-state index contributed by atoms with van der Waals surface area (Å²) in [5.41, 5.74) is 2.12. The van der Waals surface area contributed by atoms with Crippen molar-refractivity contribution in [2.45, 2.75) is 33.0 Å². The Kier molecular flexibility index (Phi) is 8.70. The Hall–Kier alpha value is -3.34. The van der Waals surface area contributed by atoms with E-state index in [0.717, 1.165) is 12.0 Å². The Labute approximate surface area is 169 Å². The second-order valence-corrected chi connectivity index (χ2v) is 6.08. The van der Waals surface area contributed by atoms with Gasteiger partial charge in [-0.3, -0.25) is 4.99 Å². The number of hydrogen-bond acceptors (Lipinski definition) is 4. The molecule has 154 valence electrons. The number of nitrogens with one attached hydrogen (secondary N) is 2. The molecule has 0 amide bonds. The monoisotopic (exact) mass is 402 g/mol. The molecule has 0 aromatic heterocycles. The van der Waals surface area contributed by atoms with Gasteiger partial charge in [0.2, 0.25) is 0 Å². The van der Waals surface area contributed by atoms with Gasteiger partial charge in [0.05, 0.1) is 18.2 Å². The highest BCUT2D eigenvalue weighted by Gasteiger charge is 2.12. The molecular formula is C21H24F2N4O2. The molecule has 0 aliphatic heterocycles. The lowest BCUT2D eigenvalue weighted by Gasteiger charge is -2.16. The number of ether oxygens (including phenoxy) is 2. The molecule has 0 aliphatic carbocycles. The molecule has 0 spiro atoms. The van der Waals surface area contributed by atoms with Crippen LogP contribution in [0.25, 0.3) is 0 Å². The summed E-state index contributed by atoms with van der Waals surface area (Å²) in [6.45, 7) is 0.269. The molecule has 2 aromatic carbocycles. The second-order valence-electron chi connectivity index (χ2n) is 6.08. The Morgan fingerprint density at radius 1 is 1.14 bits per heavy atom. The van der Waals surface area contributed by atoms with E-state index in [4.69, 9.17) is 10.00 Å². The van der Waals surface area contributed by atoms with Crippen LogP contribution >= 0.6 is 0 Å². The Bertz CT molecular complexity index is 849. The highest BCUT2D eigenvalue weighted by molar-refractivity contribution is 5.79. The van der Waals surface area contributed by atoms with Gasteiger partial charge in [0.25, 0.3) is 0 Å². The van der Waals surface area contributed by atoms with Gasteiger partial charge in [-0.25, -0.2) is 0 Å². The van der Waals surface area contributed by atoms with Gasteiger partial charge >= 0.3 is 6.61 Å². The molecule has 0 unspecified atom stereocenters. The van der Waals surface area contributed by atoms with Crippen LogP contribution in [0.4, 0.5) is 8.78 Å². The SMILES string of the molecule is CCCOc1ccc(CNC(=NC)NCc2ccc(C#N)cc2)c(OC(F)F)c1. The number of benzene rings is 2. The molecule has 2 N–H and O–H groups in total. The fourth-order valence-corrected chi connectivity index (χ4v) is 2.48. The van der Waals surface area contributed by atoms with Crippen LogP contribution in [0, 0.1) is 11.3 Å². The zero-order valence-corrected chi connectivity index (χ0v) is 16.4. The van der Waals surface area contributed by atoms with Crippen LogP contribution in [-0.4, -0.2) is 26.2 Å². The lowest BCUT2D eigenvalue weighted by atomic mass is 10.1. The molecule has 0 bridgehead atoms. The van der Waals surface area contributed by atoms with Crippen molar-refractivity contribution in [3.63, 3.8) is 0 Å². The average molecular weight is 402 g/mol. The number of nitriles is 1. The van der Waals surface area contributed by atoms with E-state index in [1.54, 1.807) is 31.3 Å². The van der Waals surface area contributed by atoms with Crippen LogP contribution in [-0.2, 0) is 13.1 Å². The van der Waals surface area contributed by atoms with Gasteiger partial charge in [-0.1, -0.05) is 19.1 Å². The third-order valence-corrected chi connectivity index (χ3v) is 3.94. The van der Waals surface area contributed by atoms with Gasteiger partial charge < -0.3 is 20.1 Å². The number of alkyl halides is 2. The summed E-state index contributed by atoms with van der Waals surface area (Å²) < 4.78 is 35.7. The largest absolute Gasteiger partial charge is 0.493 e. The highest BCUT2D eigenvalue weighted by atomic mass is 19.3. The lowest BCUT2D eigenvalue weighted by Crippen LogP contribution is -2.36. The van der Waals surface area contributed by atoms with Gasteiger partial charge in [0, 0.05) is 31.8 Å². The van der Waals surface area contributed by atoms with Crippen LogP contribution < -0.4 is 20.1 Å². The molecule has 0 saturated carbocycles. The molecule has 2 aromatic rings. The molecule has 6 nitrogen and oxygen atoms in total. The minimum absolute atomic E-state index is 0.0589. The van der Waals surface area contributed by atoms with Gasteiger partial charge in [0.1, 0.15) is 11.5 Å². The van der Waals surface area contributed by atoms with Crippen molar-refractivity contribution in [2.75, 3.05) is 13.7 Å². The number of nitrogens with zero attached hydrogens (tertiary/aromatic N) is 2. The third-order valence-electron chi connectivity index (χ3n) is 3.94. The van der Waals surface area contributed by atoms with Gasteiger partial charge in [-0.05, 0) is 36.2 Å². The lowest BCUT2D eigenvalue weighted by molar-refractivity contribution is -0.0505. The van der Waals surface area contributed by atoms with Crippen molar-refractivity contribution < 1.29 is 18.3 Å². The number of rotatable bonds is 9. The van der Waals surface area contributed by atoms with E-state index in [-0.39, 0.29) is 12.3 Å². The summed E-state index contributed by atoms with van der Waals surface area (Å²) >= 11 is 0. The molecular weight excluding hydrogens is 378 g/mol. The Morgan fingerprint density at radius 3 is 2.48 bits per heavy atom. The fourth-order valence-electron chi connectivity index (χ4n) is 2.48. The van der Waals surface area contributed by atoms with Crippen LogP contribution in [0.3, 0.4) is 0 Å². The Balaban J connectivity index is 1.98. The molecule has 0 radical (unpaired) electrons. The van der Waals surface area contributed by atoms with Gasteiger partial charge in [-0.2, -0.15) is 14.0 Å². The summed E-state index contributed by atoms with van der Waals surface area (Å²) in [5.74, 6) is 1.04. The third kappa shape index (κ3) is 7.30. The first-order valence-corrected chi connectivity index (χ1v) is 9.19. The predicted molar refractivity (Wildman–Crippen MR) is 107 cm³/mol. The van der Waals surface area contributed by atoms with E-state index >= 15 is 0 Å². The average Bonchev–Trinajstić information content (AvgIpc) is 2.73. The number of aliphatic imine (C=N–C) groups is 1. The van der Waals surface area contributed by atoms with Crippen LogP contribution in [0.15, 0.2) is 47.5 Å². The van der Waals surface area contributed by atoms with Gasteiger partial charge in [-0.15, -0.1) is 0 Å². The Morgan fingerprint density at radius 2 is 1.86 bits per heavy atom. The fraction of sp³-hybridized carbons (Fsp3) is 0.333. The molecule has 0 atom stereocenters. The zero-order chi connectivity index (χ0) is 21.1. The smallest absolute Gasteiger partial charge is 0.387 e. The van der Waals surface area contributed by atoms with Crippen molar-refractivity contribution in [1.29, 1.82) is 5.26 Å². The topological polar surface area (TPSA) is 78.7 Å². The first kappa shape index (κ1) is 22.0. The first-order chi connectivity index (χ1) is 14.0. The molecule has 2 rings (SSSR count). The summed E-state index contributed by atoms with van der Waals surface area (Å²) in [6, 6.07) is 14.1. The van der Waals surface area contributed by atoms with Crippen molar-refractivity contribution in [3.05, 3.63) is 59.2 Å². The van der Waals surface area contributed by atoms with E-state index < -0.39 is 6.61 Å². The predicted octanol–water partition coefficient (Wildman–Crippen LogP) is 3.81. The number of halogens is 2. The molecule has 0 saturated heterocycles. The minimum Gasteiger partial charge on any atom is -0.493 e. The highest BCUT2D eigenvalue weighted by Crippen LogP contribution is 2.26. The summed E-state index contributed by atoms with van der Waals surface area (Å²) in [7, 11) is 1.62. The summed E-state index contributed by atoms with van der Waals surface area (Å²) in [6.07, 6.45) is 0.815. The zero-order valence-electron chi connectivity index (χ0n) is 16.4. The van der Waals surface area contributed by atoms with E-state index in [9.17, 15) is 8.78 Å². The van der Waals surface area contributed by atoms with E-state index in [0.29, 0.717) is 36.0 Å². The maximum atomic E-state index is 12.8. The van der Waals surface area contributed by atoms with Crippen LogP contribution in [0.1, 0.15) is 30.0 Å². The minimum atomic E-state index is -2.93. The first-order valence-electron chi connectivity index (χ1n) is 9.19. The van der Waals surface area contributed by atoms with E-state index in [1.165, 1.54) is 6.07 Å². The number of guanidine groups is 1. The second kappa shape index (κ2) is 11.5. The summed E-state index contributed by atoms with van der Waals surface area (Å²) in [4.78, 5) is 4.13. The molecule has 8 heteroatoms. The van der Waals surface area contributed by atoms with Crippen molar-refractivity contribution in [2.24, 2.45) is 4.99 Å². The quantitative estimate of drug-likeness (QED) is 0.493. The molecule has 0 fully saturated rings. The summed E-state index contributed by atoms with van der Waals surface area (Å²) in [5, 5.41) is 15.1. The van der Waals surface area contributed by atoms with E-state index in [2.05, 4.69) is 26.4 Å². The molecule has 0 heterocycles. The van der Waals surface area contributed by atoms with Crippen molar-refractivity contribution in [1.82, 2.24) is 10.6 Å². The molecule has 0 aliphatic rings. The van der Waals surface area contributed by atoms with Crippen molar-refractivity contribution >= 4 is 5.96 Å². The maximum absolute atomic E-state index is 12.8. The normalized spacial score (nSPS) is 11.1. The molecule has 29 heavy (non-hydrogen) atoms. The van der Waals surface area contributed by atoms with Crippen LogP contribution in [0.5, 0.6) is 11.5 Å². The van der Waals surface area contributed by atoms with Crippen LogP contribution in [0.2, 0.25) is 0 Å². The van der Waals surface area contributed by atoms with Gasteiger partial charge in [0.15, 0.2) is 5.96 Å². The van der Waals surface area contributed by atoms with Crippen molar-refractivity contribution in [3.8, 4) is 17.6 Å².